The smallest absolute Gasteiger partial charge is 0.234 e. The number of benzene rings is 2. The lowest BCUT2D eigenvalue weighted by molar-refractivity contribution is -0.134. The highest BCUT2D eigenvalue weighted by Crippen LogP contribution is 2.38. The van der Waals surface area contributed by atoms with E-state index in [1.165, 1.54) is 6.07 Å². The van der Waals surface area contributed by atoms with Crippen molar-refractivity contribution in [2.45, 2.75) is 51.5 Å². The largest absolute Gasteiger partial charge is 0.453 e. The number of carbonyl (C=O) groups excluding carboxylic acids is 2. The maximum absolute atomic E-state index is 15.3. The predicted octanol–water partition coefficient (Wildman–Crippen LogP) is 6.34. The molecule has 15 heteroatoms. The molecule has 5 aromatic rings. The summed E-state index contributed by atoms with van der Waals surface area (Å²) in [5, 5.41) is 7.02. The molecule has 8 rings (SSSR count). The van der Waals surface area contributed by atoms with Gasteiger partial charge in [-0.15, -0.1) is 0 Å². The molecule has 0 spiro atoms. The van der Waals surface area contributed by atoms with Gasteiger partial charge in [0.05, 0.1) is 29.1 Å². The van der Waals surface area contributed by atoms with E-state index in [0.717, 1.165) is 56.0 Å². The fourth-order valence-corrected chi connectivity index (χ4v) is 8.24. The van der Waals surface area contributed by atoms with E-state index in [0.29, 0.717) is 58.6 Å². The third-order valence-electron chi connectivity index (χ3n) is 11.0. The number of amides is 2. The quantitative estimate of drug-likeness (QED) is 0.175. The summed E-state index contributed by atoms with van der Waals surface area (Å²) in [6.45, 7) is 9.08. The van der Waals surface area contributed by atoms with Crippen LogP contribution in [0.4, 0.5) is 20.2 Å². The van der Waals surface area contributed by atoms with Crippen LogP contribution >= 0.6 is 11.6 Å². The van der Waals surface area contributed by atoms with Crippen LogP contribution in [0.5, 0.6) is 11.5 Å². The van der Waals surface area contributed by atoms with Crippen LogP contribution in [0.15, 0.2) is 48.8 Å². The molecule has 0 saturated carbocycles. The molecule has 3 aliphatic heterocycles. The first-order chi connectivity index (χ1) is 26.0. The van der Waals surface area contributed by atoms with E-state index in [9.17, 15) is 9.59 Å². The fraction of sp³-hybridized carbons (Fsp3) is 0.410. The van der Waals surface area contributed by atoms with E-state index in [1.807, 2.05) is 37.2 Å². The average Bonchev–Trinajstić information content (AvgIpc) is 3.74. The van der Waals surface area contributed by atoms with Gasteiger partial charge in [0.25, 0.3) is 0 Å². The number of ether oxygens (including phenoxy) is 1. The number of imidazole rings is 1. The summed E-state index contributed by atoms with van der Waals surface area (Å²) >= 11 is 6.57. The van der Waals surface area contributed by atoms with Gasteiger partial charge in [0, 0.05) is 76.2 Å². The van der Waals surface area contributed by atoms with Crippen molar-refractivity contribution in [3.8, 4) is 22.9 Å². The van der Waals surface area contributed by atoms with Crippen LogP contribution in [0.2, 0.25) is 5.02 Å². The highest BCUT2D eigenvalue weighted by Gasteiger charge is 2.33. The summed E-state index contributed by atoms with van der Waals surface area (Å²) in [5.74, 6) is -1.56. The fourth-order valence-electron chi connectivity index (χ4n) is 8.06. The second kappa shape index (κ2) is 14.6. The molecule has 3 aliphatic rings. The molecule has 2 aromatic carbocycles. The van der Waals surface area contributed by atoms with Crippen LogP contribution < -0.4 is 19.9 Å². The lowest BCUT2D eigenvalue weighted by Crippen LogP contribution is -2.53. The van der Waals surface area contributed by atoms with Crippen LogP contribution in [0.1, 0.15) is 49.8 Å². The molecular weight excluding hydrogens is 716 g/mol. The Hall–Kier alpha value is -5.08. The van der Waals surface area contributed by atoms with Crippen LogP contribution in [-0.4, -0.2) is 86.8 Å². The van der Waals surface area contributed by atoms with Crippen LogP contribution in [0.3, 0.4) is 0 Å². The number of imide groups is 1. The van der Waals surface area contributed by atoms with Crippen molar-refractivity contribution in [2.24, 2.45) is 13.0 Å². The summed E-state index contributed by atoms with van der Waals surface area (Å²) in [7, 11) is 1.87. The molecule has 0 radical (unpaired) electrons. The number of H-pyrrole nitrogens is 1. The molecule has 3 saturated heterocycles. The Bertz CT molecular complexity index is 2220. The van der Waals surface area contributed by atoms with Gasteiger partial charge in [0.15, 0.2) is 23.0 Å². The lowest BCUT2D eigenvalue weighted by Gasteiger charge is -2.43. The van der Waals surface area contributed by atoms with E-state index >= 15 is 8.78 Å². The highest BCUT2D eigenvalue weighted by molar-refractivity contribution is 6.32. The first-order valence-corrected chi connectivity index (χ1v) is 18.8. The van der Waals surface area contributed by atoms with E-state index in [2.05, 4.69) is 54.2 Å². The number of pyridine rings is 1. The van der Waals surface area contributed by atoms with E-state index in [1.54, 1.807) is 16.9 Å². The zero-order valence-electron chi connectivity index (χ0n) is 30.4. The highest BCUT2D eigenvalue weighted by atomic mass is 35.5. The van der Waals surface area contributed by atoms with Crippen LogP contribution in [0, 0.1) is 24.5 Å². The standard InChI is InChI=1S/C39H42ClF2N9O3/c1-22-19-51(25-4-6-26(7-5-25)54-36-30(40)18-43-38-35(36)45-37(46-38)29-21-48(3)47-23(29)2)17-16-50(22)20-24-12-14-49(15-13-24)31-10-8-27(33(41)34(31)42)28-9-11-32(52)44-39(28)53/h4-8,10,18,21-22,24,28H,9,11-17,19-20H2,1-3H3,(H,43,45,46)(H,44,52,53)/t22-,28-/m1/s1. The number of halogens is 3. The number of aromatic amines is 1. The number of hydrogen-bond acceptors (Lipinski definition) is 9. The molecule has 282 valence electrons. The maximum Gasteiger partial charge on any atom is 0.234 e. The SMILES string of the molecule is Cc1nn(C)cc1-c1nc2ncc(Cl)c(Oc3ccc(N4CCN(CC5CCN(c6ccc([C@H]7CCC(=O)NC7=O)c(F)c6F)CC5)[C@H](C)C4)cc3)c2[nH]1. The Morgan fingerprint density at radius 2 is 1.76 bits per heavy atom. The minimum Gasteiger partial charge on any atom is -0.453 e. The Balaban J connectivity index is 0.850. The monoisotopic (exact) mass is 757 g/mol. The second-order valence-electron chi connectivity index (χ2n) is 14.6. The number of carbonyl (C=O) groups is 2. The number of piperazine rings is 1. The van der Waals surface area contributed by atoms with Gasteiger partial charge in [-0.05, 0) is 69.4 Å². The van der Waals surface area contributed by atoms with Crippen molar-refractivity contribution in [3.05, 3.63) is 76.7 Å². The van der Waals surface area contributed by atoms with Crippen molar-refractivity contribution in [3.63, 3.8) is 0 Å². The molecule has 6 heterocycles. The molecular formula is C39H42ClF2N9O3. The molecule has 3 aromatic heterocycles. The molecule has 0 bridgehead atoms. The van der Waals surface area contributed by atoms with Gasteiger partial charge >= 0.3 is 0 Å². The predicted molar refractivity (Wildman–Crippen MR) is 202 cm³/mol. The number of piperidine rings is 2. The van der Waals surface area contributed by atoms with Crippen molar-refractivity contribution in [1.29, 1.82) is 0 Å². The van der Waals surface area contributed by atoms with Crippen molar-refractivity contribution in [2.75, 3.05) is 49.1 Å². The Morgan fingerprint density at radius 1 is 0.981 bits per heavy atom. The van der Waals surface area contributed by atoms with Gasteiger partial charge in [-0.25, -0.2) is 18.7 Å². The van der Waals surface area contributed by atoms with Gasteiger partial charge in [-0.3, -0.25) is 24.5 Å². The Morgan fingerprint density at radius 3 is 2.46 bits per heavy atom. The number of rotatable bonds is 8. The summed E-state index contributed by atoms with van der Waals surface area (Å²) in [6, 6.07) is 11.4. The third kappa shape index (κ3) is 7.00. The molecule has 54 heavy (non-hydrogen) atoms. The summed E-state index contributed by atoms with van der Waals surface area (Å²) in [5.41, 5.74) is 4.19. The van der Waals surface area contributed by atoms with Gasteiger partial charge < -0.3 is 19.5 Å². The number of fused-ring (bicyclic) bond motifs is 1. The molecule has 3 fully saturated rings. The molecule has 2 amide bonds. The number of hydrogen-bond donors (Lipinski definition) is 2. The minimum atomic E-state index is -1.00. The molecule has 0 aliphatic carbocycles. The number of anilines is 2. The zero-order chi connectivity index (χ0) is 37.7. The Labute approximate surface area is 316 Å². The zero-order valence-corrected chi connectivity index (χ0v) is 31.2. The van der Waals surface area contributed by atoms with E-state index < -0.39 is 23.5 Å². The molecule has 2 N–H and O–H groups in total. The average molecular weight is 758 g/mol. The lowest BCUT2D eigenvalue weighted by atomic mass is 9.89. The summed E-state index contributed by atoms with van der Waals surface area (Å²) in [4.78, 5) is 43.0. The Kier molecular flexibility index (Phi) is 9.73. The molecule has 2 atom stereocenters. The first kappa shape index (κ1) is 35.9. The van der Waals surface area contributed by atoms with Gasteiger partial charge in [0.1, 0.15) is 22.1 Å². The van der Waals surface area contributed by atoms with Crippen molar-refractivity contribution < 1.29 is 23.1 Å². The van der Waals surface area contributed by atoms with E-state index in [4.69, 9.17) is 16.3 Å². The topological polar surface area (TPSA) is 125 Å². The number of aryl methyl sites for hydroxylation is 2. The maximum atomic E-state index is 15.3. The minimum absolute atomic E-state index is 0.00509. The summed E-state index contributed by atoms with van der Waals surface area (Å²) in [6.07, 6.45) is 5.49. The van der Waals surface area contributed by atoms with Crippen molar-refractivity contribution >= 4 is 46.0 Å². The number of aromatic nitrogens is 5. The van der Waals surface area contributed by atoms with Gasteiger partial charge in [0.2, 0.25) is 11.8 Å². The van der Waals surface area contributed by atoms with Crippen molar-refractivity contribution in [1.82, 2.24) is 34.9 Å². The number of nitrogens with zero attached hydrogens (tertiary/aromatic N) is 7. The normalized spacial score (nSPS) is 20.2. The number of nitrogens with one attached hydrogen (secondary N) is 2. The first-order valence-electron chi connectivity index (χ1n) is 18.4. The summed E-state index contributed by atoms with van der Waals surface area (Å²) < 4.78 is 38.6. The van der Waals surface area contributed by atoms with Gasteiger partial charge in [-0.1, -0.05) is 17.7 Å². The third-order valence-corrected chi connectivity index (χ3v) is 11.3. The molecule has 12 nitrogen and oxygen atoms in total. The molecule has 0 unspecified atom stereocenters. The van der Waals surface area contributed by atoms with E-state index in [-0.39, 0.29) is 30.0 Å². The van der Waals surface area contributed by atoms with Gasteiger partial charge in [-0.2, -0.15) is 5.10 Å². The second-order valence-corrected chi connectivity index (χ2v) is 15.1. The van der Waals surface area contributed by atoms with Crippen LogP contribution in [-0.2, 0) is 16.6 Å². The van der Waals surface area contributed by atoms with Crippen LogP contribution in [0.25, 0.3) is 22.6 Å².